The van der Waals surface area contributed by atoms with E-state index in [2.05, 4.69) is 40.1 Å². The van der Waals surface area contributed by atoms with Gasteiger partial charge in [-0.05, 0) is 64.9 Å². The van der Waals surface area contributed by atoms with E-state index in [1.54, 1.807) is 54.6 Å². The fourth-order valence-electron chi connectivity index (χ4n) is 7.28. The summed E-state index contributed by atoms with van der Waals surface area (Å²) in [6.45, 7) is -1.34. The van der Waals surface area contributed by atoms with Crippen LogP contribution < -0.4 is 0 Å². The molecule has 328 valence electrons. The number of carbonyl (C=O) groups excluding carboxylic acids is 3. The standard InChI is InChI=1S/C38H38N12O13/c39-47-43-17-24-31(59-34(54)19-10-4-1-5-11-19)33(61-36(56)21-14-8-3-9-15-21)38(57-24)63-30-23(45-49-41)16-22(44-48-40)29(28(30)53)62-37-26(46-50-42)32(27(52)25(18-51)58-37)60-35(55)20-12-6-2-7-13-20/h1-15,22-33,37-38,51-53H,16-18H2/t22?,23-,24-,25?,26?,27+,28+,29+,30?,31+,32-,33?,37+,38+/m1/s1. The number of benzene rings is 3. The SMILES string of the molecule is [N-]=[N+]=NC[C@H]1O[C@@H](OC2[C@@H](O)[C@@H](O[C@@H]3OC(CO)[C@H](O)[C@H](OC(=O)c4ccccc4)C3N=[N+]=[N-])C(N=[N+]=[N-])C[C@H]2N=[N+]=[N-])C(OC(=O)c2ccccc2)[C@H]1OC(=O)c1ccccc1. The zero-order valence-electron chi connectivity index (χ0n) is 32.7. The third-order valence-electron chi connectivity index (χ3n) is 10.3. The molecule has 2 aliphatic heterocycles. The Morgan fingerprint density at radius 1 is 0.571 bits per heavy atom. The molecule has 2 heterocycles. The van der Waals surface area contributed by atoms with Gasteiger partial charge in [0.15, 0.2) is 24.8 Å². The maximum atomic E-state index is 13.6. The summed E-state index contributed by atoms with van der Waals surface area (Å²) in [7, 11) is 0. The molecular weight excluding hydrogens is 832 g/mol. The highest BCUT2D eigenvalue weighted by Gasteiger charge is 2.56. The average molecular weight is 871 g/mol. The Labute approximate surface area is 355 Å². The van der Waals surface area contributed by atoms with Gasteiger partial charge in [-0.15, -0.1) is 0 Å². The Bertz CT molecular complexity index is 2260. The molecule has 25 heteroatoms. The summed E-state index contributed by atoms with van der Waals surface area (Å²) < 4.78 is 41.5. The minimum absolute atomic E-state index is 0.0599. The number of rotatable bonds is 16. The lowest BCUT2D eigenvalue weighted by molar-refractivity contribution is -0.301. The van der Waals surface area contributed by atoms with Crippen LogP contribution in [0, 0.1) is 0 Å². The summed E-state index contributed by atoms with van der Waals surface area (Å²) in [6.07, 6.45) is -18.9. The summed E-state index contributed by atoms with van der Waals surface area (Å²) >= 11 is 0. The van der Waals surface area contributed by atoms with Crippen LogP contribution in [0.2, 0.25) is 0 Å². The number of nitrogens with zero attached hydrogens (tertiary/aromatic N) is 12. The van der Waals surface area contributed by atoms with Crippen LogP contribution in [0.3, 0.4) is 0 Å². The molecule has 25 nitrogen and oxygen atoms in total. The molecule has 3 aliphatic rings. The van der Waals surface area contributed by atoms with Crippen molar-refractivity contribution in [3.8, 4) is 0 Å². The zero-order valence-corrected chi connectivity index (χ0v) is 32.7. The van der Waals surface area contributed by atoms with E-state index in [0.29, 0.717) is 0 Å². The summed E-state index contributed by atoms with van der Waals surface area (Å²) in [5, 5.41) is 48.1. The Hall–Kier alpha value is -6.97. The molecule has 0 spiro atoms. The molecule has 2 saturated heterocycles. The van der Waals surface area contributed by atoms with Crippen molar-refractivity contribution >= 4 is 17.9 Å². The molecule has 6 rings (SSSR count). The second kappa shape index (κ2) is 21.7. The predicted octanol–water partition coefficient (Wildman–Crippen LogP) is 4.35. The molecule has 1 saturated carbocycles. The molecule has 3 aromatic rings. The molecule has 1 aliphatic carbocycles. The molecule has 3 N–H and O–H groups in total. The minimum atomic E-state index is -2.00. The molecule has 0 bridgehead atoms. The highest BCUT2D eigenvalue weighted by Crippen LogP contribution is 2.38. The Kier molecular flexibility index (Phi) is 15.7. The maximum Gasteiger partial charge on any atom is 0.338 e. The van der Waals surface area contributed by atoms with E-state index < -0.39 is 123 Å². The molecule has 14 atom stereocenters. The van der Waals surface area contributed by atoms with Gasteiger partial charge in [-0.25, -0.2) is 14.4 Å². The lowest BCUT2D eigenvalue weighted by atomic mass is 9.84. The van der Waals surface area contributed by atoms with E-state index >= 15 is 0 Å². The molecule has 5 unspecified atom stereocenters. The van der Waals surface area contributed by atoms with Gasteiger partial charge in [-0.2, -0.15) is 0 Å². The van der Waals surface area contributed by atoms with Gasteiger partial charge in [0.2, 0.25) is 0 Å². The number of aliphatic hydroxyl groups is 3. The van der Waals surface area contributed by atoms with Gasteiger partial charge in [0.1, 0.15) is 36.6 Å². The molecule has 0 radical (unpaired) electrons. The minimum Gasteiger partial charge on any atom is -0.455 e. The third kappa shape index (κ3) is 10.7. The van der Waals surface area contributed by atoms with Gasteiger partial charge < -0.3 is 48.5 Å². The number of carbonyl (C=O) groups is 3. The fourth-order valence-corrected chi connectivity index (χ4v) is 7.28. The second-order valence-electron chi connectivity index (χ2n) is 14.0. The van der Waals surface area contributed by atoms with Gasteiger partial charge in [0.05, 0.1) is 54.1 Å². The fraction of sp³-hybridized carbons (Fsp3) is 0.447. The highest BCUT2D eigenvalue weighted by molar-refractivity contribution is 5.90. The summed E-state index contributed by atoms with van der Waals surface area (Å²) in [6, 6.07) is 18.5. The number of hydrogen-bond donors (Lipinski definition) is 3. The molecular formula is C38H38N12O13. The topological polar surface area (TPSA) is 372 Å². The van der Waals surface area contributed by atoms with Gasteiger partial charge in [0, 0.05) is 19.6 Å². The van der Waals surface area contributed by atoms with Crippen LogP contribution in [0.5, 0.6) is 0 Å². The van der Waals surface area contributed by atoms with Crippen molar-refractivity contribution in [2.75, 3.05) is 13.2 Å². The smallest absolute Gasteiger partial charge is 0.338 e. The van der Waals surface area contributed by atoms with Gasteiger partial charge >= 0.3 is 17.9 Å². The molecule has 0 aromatic heterocycles. The number of aliphatic hydroxyl groups excluding tert-OH is 3. The monoisotopic (exact) mass is 870 g/mol. The second-order valence-corrected chi connectivity index (χ2v) is 14.0. The van der Waals surface area contributed by atoms with Gasteiger partial charge in [0.25, 0.3) is 0 Å². The molecule has 0 amide bonds. The number of azide groups is 4. The van der Waals surface area contributed by atoms with E-state index in [9.17, 15) is 51.8 Å². The molecule has 3 aromatic carbocycles. The first-order valence-electron chi connectivity index (χ1n) is 19.1. The van der Waals surface area contributed by atoms with Crippen molar-refractivity contribution in [2.24, 2.45) is 20.5 Å². The number of ether oxygens (including phenoxy) is 7. The van der Waals surface area contributed by atoms with Crippen LogP contribution in [-0.4, -0.2) is 132 Å². The van der Waals surface area contributed by atoms with Crippen molar-refractivity contribution in [3.05, 3.63) is 149 Å². The van der Waals surface area contributed by atoms with E-state index in [1.165, 1.54) is 36.4 Å². The van der Waals surface area contributed by atoms with Crippen molar-refractivity contribution in [1.82, 2.24) is 0 Å². The summed E-state index contributed by atoms with van der Waals surface area (Å²) in [5.41, 5.74) is 38.1. The Balaban J connectivity index is 1.34. The van der Waals surface area contributed by atoms with E-state index in [-0.39, 0.29) is 16.7 Å². The Morgan fingerprint density at radius 3 is 1.48 bits per heavy atom. The average Bonchev–Trinajstić information content (AvgIpc) is 3.61. The van der Waals surface area contributed by atoms with Crippen molar-refractivity contribution in [3.63, 3.8) is 0 Å². The van der Waals surface area contributed by atoms with Crippen LogP contribution in [0.4, 0.5) is 0 Å². The lowest BCUT2D eigenvalue weighted by Gasteiger charge is -2.47. The van der Waals surface area contributed by atoms with Crippen LogP contribution in [0.15, 0.2) is 111 Å². The first-order chi connectivity index (χ1) is 30.6. The van der Waals surface area contributed by atoms with Crippen molar-refractivity contribution in [2.45, 2.75) is 92.1 Å². The Morgan fingerprint density at radius 2 is 1.02 bits per heavy atom. The first-order valence-corrected chi connectivity index (χ1v) is 19.1. The van der Waals surface area contributed by atoms with Crippen molar-refractivity contribution in [1.29, 1.82) is 0 Å². The highest BCUT2D eigenvalue weighted by atomic mass is 16.7. The summed E-state index contributed by atoms with van der Waals surface area (Å²) in [5.74, 6) is -2.76. The maximum absolute atomic E-state index is 13.6. The van der Waals surface area contributed by atoms with E-state index in [1.807, 2.05) is 0 Å². The lowest BCUT2D eigenvalue weighted by Crippen LogP contribution is -2.63. The van der Waals surface area contributed by atoms with Crippen LogP contribution >= 0.6 is 0 Å². The van der Waals surface area contributed by atoms with Gasteiger partial charge in [-0.1, -0.05) is 75.1 Å². The zero-order chi connectivity index (χ0) is 44.9. The largest absolute Gasteiger partial charge is 0.455 e. The van der Waals surface area contributed by atoms with Crippen LogP contribution in [-0.2, 0) is 33.2 Å². The quantitative estimate of drug-likeness (QED) is 0.0593. The normalized spacial score (nSPS) is 31.0. The summed E-state index contributed by atoms with van der Waals surface area (Å²) in [4.78, 5) is 51.4. The number of esters is 3. The van der Waals surface area contributed by atoms with E-state index in [4.69, 9.17) is 33.2 Å². The van der Waals surface area contributed by atoms with Crippen LogP contribution in [0.25, 0.3) is 41.8 Å². The molecule has 63 heavy (non-hydrogen) atoms. The van der Waals surface area contributed by atoms with E-state index in [0.717, 1.165) is 0 Å². The van der Waals surface area contributed by atoms with Gasteiger partial charge in [-0.3, -0.25) is 0 Å². The first kappa shape index (κ1) is 45.6. The van der Waals surface area contributed by atoms with Crippen molar-refractivity contribution < 1.29 is 62.9 Å². The van der Waals surface area contributed by atoms with Crippen LogP contribution in [0.1, 0.15) is 37.5 Å². The predicted molar refractivity (Wildman–Crippen MR) is 211 cm³/mol. The molecule has 3 fully saturated rings. The number of hydrogen-bond acceptors (Lipinski definition) is 17. The third-order valence-corrected chi connectivity index (χ3v) is 10.3.